The van der Waals surface area contributed by atoms with Crippen LogP contribution in [0.2, 0.25) is 0 Å². The molecular formula is C20H24FNO. The number of nitrogens with zero attached hydrogens (tertiary/aromatic N) is 1. The van der Waals surface area contributed by atoms with E-state index < -0.39 is 5.60 Å². The van der Waals surface area contributed by atoms with Gasteiger partial charge >= 0.3 is 0 Å². The van der Waals surface area contributed by atoms with Crippen molar-refractivity contribution in [2.24, 2.45) is 0 Å². The fourth-order valence-corrected chi connectivity index (χ4v) is 3.67. The van der Waals surface area contributed by atoms with Crippen molar-refractivity contribution >= 4 is 0 Å². The maximum Gasteiger partial charge on any atom is 0.126 e. The van der Waals surface area contributed by atoms with E-state index in [2.05, 4.69) is 11.0 Å². The molecule has 0 spiro atoms. The zero-order chi connectivity index (χ0) is 16.4. The molecule has 0 amide bonds. The van der Waals surface area contributed by atoms with E-state index in [4.69, 9.17) is 0 Å². The second-order valence-corrected chi connectivity index (χ2v) is 6.69. The Labute approximate surface area is 137 Å². The third kappa shape index (κ3) is 3.04. The van der Waals surface area contributed by atoms with Gasteiger partial charge in [-0.2, -0.15) is 0 Å². The summed E-state index contributed by atoms with van der Waals surface area (Å²) in [6, 6.07) is 13.1. The molecule has 0 aromatic heterocycles. The van der Waals surface area contributed by atoms with Crippen molar-refractivity contribution in [2.75, 3.05) is 20.6 Å². The van der Waals surface area contributed by atoms with Gasteiger partial charge in [0.2, 0.25) is 0 Å². The van der Waals surface area contributed by atoms with E-state index in [0.717, 1.165) is 36.1 Å². The van der Waals surface area contributed by atoms with Crippen molar-refractivity contribution in [3.8, 4) is 0 Å². The maximum atomic E-state index is 14.3. The van der Waals surface area contributed by atoms with Gasteiger partial charge in [-0.05, 0) is 74.6 Å². The Kier molecular flexibility index (Phi) is 4.51. The molecule has 23 heavy (non-hydrogen) atoms. The van der Waals surface area contributed by atoms with Gasteiger partial charge in [-0.1, -0.05) is 36.4 Å². The average molecular weight is 313 g/mol. The summed E-state index contributed by atoms with van der Waals surface area (Å²) in [4.78, 5) is 2.11. The number of benzene rings is 2. The van der Waals surface area contributed by atoms with E-state index in [1.807, 2.05) is 38.4 Å². The summed E-state index contributed by atoms with van der Waals surface area (Å²) < 4.78 is 14.3. The van der Waals surface area contributed by atoms with Gasteiger partial charge in [-0.3, -0.25) is 0 Å². The summed E-state index contributed by atoms with van der Waals surface area (Å²) in [6.07, 6.45) is 2.85. The number of aryl methyl sites for hydroxylation is 1. The quantitative estimate of drug-likeness (QED) is 0.934. The maximum absolute atomic E-state index is 14.3. The molecule has 2 aromatic carbocycles. The topological polar surface area (TPSA) is 23.5 Å². The van der Waals surface area contributed by atoms with Crippen LogP contribution in [0.3, 0.4) is 0 Å². The molecule has 0 aliphatic heterocycles. The van der Waals surface area contributed by atoms with Crippen LogP contribution in [0.25, 0.3) is 0 Å². The first-order valence-corrected chi connectivity index (χ1v) is 8.26. The molecule has 0 saturated carbocycles. The van der Waals surface area contributed by atoms with Crippen molar-refractivity contribution in [1.82, 2.24) is 4.90 Å². The lowest BCUT2D eigenvalue weighted by Gasteiger charge is -2.31. The van der Waals surface area contributed by atoms with Crippen LogP contribution < -0.4 is 0 Å². The van der Waals surface area contributed by atoms with Gasteiger partial charge in [0.05, 0.1) is 0 Å². The fraction of sp³-hybridized carbons (Fsp3) is 0.400. The van der Waals surface area contributed by atoms with Crippen LogP contribution >= 0.6 is 0 Å². The van der Waals surface area contributed by atoms with Gasteiger partial charge in [0.25, 0.3) is 0 Å². The van der Waals surface area contributed by atoms with E-state index in [9.17, 15) is 9.50 Å². The number of rotatable bonds is 4. The summed E-state index contributed by atoms with van der Waals surface area (Å²) in [5.74, 6) is -0.207. The Bertz CT molecular complexity index is 698. The highest BCUT2D eigenvalue weighted by Crippen LogP contribution is 2.41. The number of hydrogen-bond acceptors (Lipinski definition) is 2. The van der Waals surface area contributed by atoms with Crippen molar-refractivity contribution in [2.45, 2.75) is 31.3 Å². The first kappa shape index (κ1) is 16.2. The summed E-state index contributed by atoms with van der Waals surface area (Å²) in [7, 11) is 4.05. The summed E-state index contributed by atoms with van der Waals surface area (Å²) in [5.41, 5.74) is 2.34. The molecule has 2 nitrogen and oxygen atoms in total. The molecule has 2 aromatic rings. The van der Waals surface area contributed by atoms with Gasteiger partial charge in [0, 0.05) is 0 Å². The van der Waals surface area contributed by atoms with Gasteiger partial charge in [-0.15, -0.1) is 0 Å². The molecule has 1 unspecified atom stereocenters. The molecule has 1 N–H and O–H groups in total. The van der Waals surface area contributed by atoms with Crippen LogP contribution in [-0.2, 0) is 18.4 Å². The summed E-state index contributed by atoms with van der Waals surface area (Å²) >= 11 is 0. The third-order valence-corrected chi connectivity index (χ3v) is 4.82. The Morgan fingerprint density at radius 2 is 1.78 bits per heavy atom. The number of halogens is 1. The third-order valence-electron chi connectivity index (χ3n) is 4.82. The largest absolute Gasteiger partial charge is 0.380 e. The second-order valence-electron chi connectivity index (χ2n) is 6.69. The molecule has 0 heterocycles. The van der Waals surface area contributed by atoms with Crippen LogP contribution in [-0.4, -0.2) is 30.6 Å². The minimum Gasteiger partial charge on any atom is -0.380 e. The molecule has 0 fully saturated rings. The molecule has 0 radical (unpaired) electrons. The van der Waals surface area contributed by atoms with Crippen molar-refractivity contribution in [3.05, 3.63) is 70.5 Å². The highest BCUT2D eigenvalue weighted by Gasteiger charge is 2.37. The van der Waals surface area contributed by atoms with Crippen LogP contribution in [0, 0.1) is 5.82 Å². The molecule has 122 valence electrons. The fourth-order valence-electron chi connectivity index (χ4n) is 3.67. The lowest BCUT2D eigenvalue weighted by atomic mass is 9.80. The lowest BCUT2D eigenvalue weighted by Crippen LogP contribution is -2.30. The summed E-state index contributed by atoms with van der Waals surface area (Å²) in [5, 5.41) is 11.6. The Balaban J connectivity index is 2.09. The first-order valence-electron chi connectivity index (χ1n) is 8.26. The number of fused-ring (bicyclic) bond motifs is 2. The smallest absolute Gasteiger partial charge is 0.126 e. The minimum absolute atomic E-state index is 0.207. The summed E-state index contributed by atoms with van der Waals surface area (Å²) in [6.45, 7) is 0.898. The molecule has 1 aliphatic carbocycles. The van der Waals surface area contributed by atoms with Crippen LogP contribution in [0.15, 0.2) is 42.5 Å². The van der Waals surface area contributed by atoms with Crippen LogP contribution in [0.1, 0.15) is 35.1 Å². The van der Waals surface area contributed by atoms with Crippen molar-refractivity contribution < 1.29 is 9.50 Å². The van der Waals surface area contributed by atoms with E-state index in [1.54, 1.807) is 6.07 Å². The highest BCUT2D eigenvalue weighted by atomic mass is 19.1. The van der Waals surface area contributed by atoms with E-state index >= 15 is 0 Å². The predicted molar refractivity (Wildman–Crippen MR) is 91.0 cm³/mol. The Morgan fingerprint density at radius 1 is 1.04 bits per heavy atom. The average Bonchev–Trinajstić information content (AvgIpc) is 2.65. The molecule has 3 heteroatoms. The Morgan fingerprint density at radius 3 is 2.57 bits per heavy atom. The van der Waals surface area contributed by atoms with E-state index in [0.29, 0.717) is 18.4 Å². The van der Waals surface area contributed by atoms with Gasteiger partial charge in [0.15, 0.2) is 0 Å². The lowest BCUT2D eigenvalue weighted by molar-refractivity contribution is 0.0655. The molecule has 3 rings (SSSR count). The minimum atomic E-state index is -1.11. The first-order chi connectivity index (χ1) is 11.0. The van der Waals surface area contributed by atoms with Gasteiger partial charge in [-0.25, -0.2) is 4.39 Å². The monoisotopic (exact) mass is 313 g/mol. The van der Waals surface area contributed by atoms with Crippen molar-refractivity contribution in [1.29, 1.82) is 0 Å². The van der Waals surface area contributed by atoms with Gasteiger partial charge in [0.1, 0.15) is 11.4 Å². The van der Waals surface area contributed by atoms with Gasteiger partial charge < -0.3 is 10.0 Å². The number of aliphatic hydroxyl groups is 1. The molecule has 0 saturated heterocycles. The zero-order valence-corrected chi connectivity index (χ0v) is 13.8. The SMILES string of the molecule is CN(C)CCCC1(O)c2ccccc2CCc2c(F)cccc21. The zero-order valence-electron chi connectivity index (χ0n) is 13.8. The molecule has 0 bridgehead atoms. The molecular weight excluding hydrogens is 289 g/mol. The standard InChI is InChI=1S/C20H24FNO/c1-22(2)14-6-13-20(23)17-8-4-3-7-15(17)11-12-16-18(20)9-5-10-19(16)21/h3-5,7-10,23H,6,11-14H2,1-2H3. The van der Waals surface area contributed by atoms with Crippen LogP contribution in [0.5, 0.6) is 0 Å². The molecule has 1 atom stereocenters. The predicted octanol–water partition coefficient (Wildman–Crippen LogP) is 3.50. The van der Waals surface area contributed by atoms with Crippen molar-refractivity contribution in [3.63, 3.8) is 0 Å². The van der Waals surface area contributed by atoms with E-state index in [-0.39, 0.29) is 5.82 Å². The molecule has 1 aliphatic rings. The van der Waals surface area contributed by atoms with E-state index in [1.165, 1.54) is 6.07 Å². The number of hydrogen-bond donors (Lipinski definition) is 1. The van der Waals surface area contributed by atoms with Crippen LogP contribution in [0.4, 0.5) is 4.39 Å². The normalized spacial score (nSPS) is 20.0. The Hall–Kier alpha value is -1.71. The second kappa shape index (κ2) is 6.42. The highest BCUT2D eigenvalue weighted by molar-refractivity contribution is 5.47.